The summed E-state index contributed by atoms with van der Waals surface area (Å²) in [4.78, 5) is 13.4. The van der Waals surface area contributed by atoms with Crippen molar-refractivity contribution in [2.45, 2.75) is 26.8 Å². The third-order valence-electron chi connectivity index (χ3n) is 3.18. The van der Waals surface area contributed by atoms with Crippen molar-refractivity contribution < 1.29 is 9.90 Å². The maximum Gasteiger partial charge on any atom is 0.339 e. The molecule has 0 spiro atoms. The van der Waals surface area contributed by atoms with E-state index in [-0.39, 0.29) is 5.56 Å². The molecule has 108 valence electrons. The Balaban J connectivity index is 2.41. The highest BCUT2D eigenvalue weighted by molar-refractivity contribution is 5.88. The highest BCUT2D eigenvalue weighted by Gasteiger charge is 2.14. The first-order chi connectivity index (χ1) is 9.10. The van der Waals surface area contributed by atoms with Crippen molar-refractivity contribution in [3.8, 4) is 0 Å². The zero-order chi connectivity index (χ0) is 14.3. The van der Waals surface area contributed by atoms with Crippen LogP contribution >= 0.6 is 0 Å². The standard InChI is InChI=1S/C13H24N4O2/c1-4-7-17(5-2)8-6-14-10-12-11(13(18)19)9-15-16(12)3/h9,14H,4-8,10H2,1-3H3,(H,18,19). The van der Waals surface area contributed by atoms with E-state index in [9.17, 15) is 4.79 Å². The highest BCUT2D eigenvalue weighted by atomic mass is 16.4. The topological polar surface area (TPSA) is 70.4 Å². The number of hydrogen-bond donors (Lipinski definition) is 2. The van der Waals surface area contributed by atoms with Gasteiger partial charge in [-0.15, -0.1) is 0 Å². The number of likely N-dealkylation sites (N-methyl/N-ethyl adjacent to an activating group) is 1. The van der Waals surface area contributed by atoms with E-state index in [0.717, 1.165) is 32.6 Å². The molecule has 0 saturated heterocycles. The quantitative estimate of drug-likeness (QED) is 0.652. The fraction of sp³-hybridized carbons (Fsp3) is 0.692. The van der Waals surface area contributed by atoms with E-state index in [1.807, 2.05) is 0 Å². The van der Waals surface area contributed by atoms with E-state index >= 15 is 0 Å². The molecule has 0 atom stereocenters. The van der Waals surface area contributed by atoms with Crippen molar-refractivity contribution in [1.29, 1.82) is 0 Å². The van der Waals surface area contributed by atoms with E-state index in [0.29, 0.717) is 12.2 Å². The minimum absolute atomic E-state index is 0.274. The molecule has 1 rings (SSSR count). The first-order valence-corrected chi connectivity index (χ1v) is 6.77. The first-order valence-electron chi connectivity index (χ1n) is 6.77. The van der Waals surface area contributed by atoms with Crippen LogP contribution in [0.15, 0.2) is 6.20 Å². The summed E-state index contributed by atoms with van der Waals surface area (Å²) >= 11 is 0. The van der Waals surface area contributed by atoms with Crippen LogP contribution in [0.3, 0.4) is 0 Å². The van der Waals surface area contributed by atoms with Gasteiger partial charge in [0.05, 0.1) is 11.9 Å². The SMILES string of the molecule is CCCN(CC)CCNCc1c(C(=O)O)cnn1C. The van der Waals surface area contributed by atoms with Crippen LogP contribution in [0.25, 0.3) is 0 Å². The molecule has 6 nitrogen and oxygen atoms in total. The molecule has 0 aromatic carbocycles. The lowest BCUT2D eigenvalue weighted by molar-refractivity contribution is 0.0695. The van der Waals surface area contributed by atoms with Gasteiger partial charge in [-0.3, -0.25) is 4.68 Å². The van der Waals surface area contributed by atoms with Gasteiger partial charge >= 0.3 is 5.97 Å². The maximum atomic E-state index is 11.0. The van der Waals surface area contributed by atoms with Crippen molar-refractivity contribution in [2.24, 2.45) is 7.05 Å². The predicted molar refractivity (Wildman–Crippen MR) is 74.3 cm³/mol. The van der Waals surface area contributed by atoms with E-state index in [2.05, 4.69) is 29.2 Å². The first kappa shape index (κ1) is 15.7. The number of hydrogen-bond acceptors (Lipinski definition) is 4. The summed E-state index contributed by atoms with van der Waals surface area (Å²) in [6, 6.07) is 0. The number of carboxylic acids is 1. The molecule has 1 aromatic rings. The molecule has 0 fully saturated rings. The van der Waals surface area contributed by atoms with Crippen molar-refractivity contribution in [3.63, 3.8) is 0 Å². The Labute approximate surface area is 114 Å². The molecule has 0 aliphatic carbocycles. The smallest absolute Gasteiger partial charge is 0.339 e. The van der Waals surface area contributed by atoms with Crippen molar-refractivity contribution in [1.82, 2.24) is 20.0 Å². The van der Waals surface area contributed by atoms with Gasteiger partial charge < -0.3 is 15.3 Å². The van der Waals surface area contributed by atoms with Gasteiger partial charge in [0, 0.05) is 26.7 Å². The summed E-state index contributed by atoms with van der Waals surface area (Å²) in [7, 11) is 1.76. The number of aromatic nitrogens is 2. The molecule has 0 amide bonds. The third-order valence-corrected chi connectivity index (χ3v) is 3.18. The van der Waals surface area contributed by atoms with Crippen LogP contribution in [-0.4, -0.2) is 51.9 Å². The zero-order valence-electron chi connectivity index (χ0n) is 12.0. The van der Waals surface area contributed by atoms with Crippen LogP contribution in [0, 0.1) is 0 Å². The number of rotatable bonds is 9. The summed E-state index contributed by atoms with van der Waals surface area (Å²) in [5.41, 5.74) is 0.988. The second-order valence-electron chi connectivity index (χ2n) is 4.54. The lowest BCUT2D eigenvalue weighted by atomic mass is 10.2. The summed E-state index contributed by atoms with van der Waals surface area (Å²) < 4.78 is 1.61. The molecule has 0 aliphatic heterocycles. The molecule has 0 unspecified atom stereocenters. The summed E-state index contributed by atoms with van der Waals surface area (Å²) in [6.45, 7) is 8.82. The molecular formula is C13H24N4O2. The Bertz CT molecular complexity index is 403. The van der Waals surface area contributed by atoms with Gasteiger partial charge in [-0.25, -0.2) is 4.79 Å². The molecule has 0 radical (unpaired) electrons. The van der Waals surface area contributed by atoms with Gasteiger partial charge in [-0.1, -0.05) is 13.8 Å². The normalized spacial score (nSPS) is 11.2. The average molecular weight is 268 g/mol. The van der Waals surface area contributed by atoms with E-state index in [4.69, 9.17) is 5.11 Å². The second-order valence-corrected chi connectivity index (χ2v) is 4.54. The van der Waals surface area contributed by atoms with Crippen molar-refractivity contribution >= 4 is 5.97 Å². The summed E-state index contributed by atoms with van der Waals surface area (Å²) in [5.74, 6) is -0.925. The van der Waals surface area contributed by atoms with Crippen LogP contribution in [0.1, 0.15) is 36.3 Å². The zero-order valence-corrected chi connectivity index (χ0v) is 12.0. The van der Waals surface area contributed by atoms with E-state index in [1.165, 1.54) is 6.20 Å². The van der Waals surface area contributed by atoms with Crippen LogP contribution in [0.2, 0.25) is 0 Å². The van der Waals surface area contributed by atoms with Crippen LogP contribution in [0.5, 0.6) is 0 Å². The lowest BCUT2D eigenvalue weighted by Crippen LogP contribution is -2.32. The largest absolute Gasteiger partial charge is 0.478 e. The maximum absolute atomic E-state index is 11.0. The minimum Gasteiger partial charge on any atom is -0.478 e. The van der Waals surface area contributed by atoms with Crippen LogP contribution in [0.4, 0.5) is 0 Å². The fourth-order valence-corrected chi connectivity index (χ4v) is 2.04. The van der Waals surface area contributed by atoms with E-state index < -0.39 is 5.97 Å². The van der Waals surface area contributed by atoms with E-state index in [1.54, 1.807) is 11.7 Å². The van der Waals surface area contributed by atoms with Crippen LogP contribution in [-0.2, 0) is 13.6 Å². The Morgan fingerprint density at radius 3 is 2.79 bits per heavy atom. The number of carbonyl (C=O) groups is 1. The molecule has 6 heteroatoms. The molecule has 2 N–H and O–H groups in total. The summed E-state index contributed by atoms with van der Waals surface area (Å²) in [5, 5.41) is 16.3. The Kier molecular flexibility index (Phi) is 6.52. The predicted octanol–water partition coefficient (Wildman–Crippen LogP) is 0.940. The third kappa shape index (κ3) is 4.65. The number of aromatic carboxylic acids is 1. The van der Waals surface area contributed by atoms with Gasteiger partial charge in [0.25, 0.3) is 0 Å². The molecule has 0 saturated carbocycles. The molecule has 0 bridgehead atoms. The average Bonchev–Trinajstić information content (AvgIpc) is 2.75. The highest BCUT2D eigenvalue weighted by Crippen LogP contribution is 2.06. The molecular weight excluding hydrogens is 244 g/mol. The molecule has 0 aliphatic rings. The van der Waals surface area contributed by atoms with Crippen LogP contribution < -0.4 is 5.32 Å². The molecule has 1 heterocycles. The fourth-order valence-electron chi connectivity index (χ4n) is 2.04. The lowest BCUT2D eigenvalue weighted by Gasteiger charge is -2.19. The van der Waals surface area contributed by atoms with Gasteiger partial charge in [0.15, 0.2) is 0 Å². The van der Waals surface area contributed by atoms with Gasteiger partial charge in [0.1, 0.15) is 5.56 Å². The summed E-state index contributed by atoms with van der Waals surface area (Å²) in [6.07, 6.45) is 2.55. The number of nitrogens with zero attached hydrogens (tertiary/aromatic N) is 3. The second kappa shape index (κ2) is 7.91. The minimum atomic E-state index is -0.925. The Morgan fingerprint density at radius 2 is 2.21 bits per heavy atom. The Morgan fingerprint density at radius 1 is 1.47 bits per heavy atom. The molecule has 1 aromatic heterocycles. The molecule has 19 heavy (non-hydrogen) atoms. The van der Waals surface area contributed by atoms with Crippen molar-refractivity contribution in [2.75, 3.05) is 26.2 Å². The monoisotopic (exact) mass is 268 g/mol. The number of aryl methyl sites for hydroxylation is 1. The van der Waals surface area contributed by atoms with Gasteiger partial charge in [-0.05, 0) is 19.5 Å². The number of nitrogens with one attached hydrogen (secondary N) is 1. The van der Waals surface area contributed by atoms with Gasteiger partial charge in [-0.2, -0.15) is 5.10 Å². The van der Waals surface area contributed by atoms with Gasteiger partial charge in [0.2, 0.25) is 0 Å². The van der Waals surface area contributed by atoms with Crippen molar-refractivity contribution in [3.05, 3.63) is 17.5 Å². The Hall–Kier alpha value is -1.40. The number of carboxylic acid groups (broad SMARTS) is 1.